The number of ether oxygens (including phenoxy) is 2. The Labute approximate surface area is 148 Å². The van der Waals surface area contributed by atoms with E-state index in [-0.39, 0.29) is 6.61 Å². The van der Waals surface area contributed by atoms with Crippen LogP contribution in [0.1, 0.15) is 15.9 Å². The van der Waals surface area contributed by atoms with Gasteiger partial charge >= 0.3 is 0 Å². The van der Waals surface area contributed by atoms with Gasteiger partial charge in [0.2, 0.25) is 0 Å². The summed E-state index contributed by atoms with van der Waals surface area (Å²) in [5, 5.41) is 0. The van der Waals surface area contributed by atoms with E-state index in [1.165, 1.54) is 7.11 Å². The molecule has 2 rings (SSSR count). The fourth-order valence-electron chi connectivity index (χ4n) is 1.90. The van der Waals surface area contributed by atoms with Crippen molar-refractivity contribution >= 4 is 27.7 Å². The van der Waals surface area contributed by atoms with Crippen LogP contribution in [0.15, 0.2) is 46.9 Å². The Morgan fingerprint density at radius 1 is 1.12 bits per heavy atom. The highest BCUT2D eigenvalue weighted by atomic mass is 79.9. The van der Waals surface area contributed by atoms with Gasteiger partial charge in [-0.05, 0) is 58.7 Å². The molecule has 0 atom stereocenters. The molecule has 0 heterocycles. The van der Waals surface area contributed by atoms with Crippen LogP contribution in [0.5, 0.6) is 11.5 Å². The molecule has 0 aliphatic rings. The number of amides is 2. The maximum atomic E-state index is 12.0. The molecule has 6 nitrogen and oxygen atoms in total. The first-order chi connectivity index (χ1) is 11.5. The number of halogens is 1. The molecule has 2 aromatic carbocycles. The van der Waals surface area contributed by atoms with E-state index in [0.717, 1.165) is 5.56 Å². The normalized spacial score (nSPS) is 9.96. The number of methoxy groups -OCH3 is 1. The number of rotatable bonds is 5. The first-order valence-corrected chi connectivity index (χ1v) is 7.91. The topological polar surface area (TPSA) is 76.7 Å². The molecule has 0 aliphatic heterocycles. The largest absolute Gasteiger partial charge is 0.496 e. The fraction of sp³-hybridized carbons (Fsp3) is 0.176. The molecule has 0 saturated heterocycles. The van der Waals surface area contributed by atoms with Crippen LogP contribution >= 0.6 is 15.9 Å². The Balaban J connectivity index is 1.82. The van der Waals surface area contributed by atoms with Gasteiger partial charge < -0.3 is 9.47 Å². The van der Waals surface area contributed by atoms with Crippen molar-refractivity contribution in [1.82, 2.24) is 10.9 Å². The van der Waals surface area contributed by atoms with Crippen LogP contribution in [0.4, 0.5) is 0 Å². The number of aryl methyl sites for hydroxylation is 1. The minimum Gasteiger partial charge on any atom is -0.496 e. The highest BCUT2D eigenvalue weighted by molar-refractivity contribution is 9.10. The lowest BCUT2D eigenvalue weighted by Crippen LogP contribution is -2.43. The Hall–Kier alpha value is -2.54. The molecule has 0 unspecified atom stereocenters. The molecule has 2 amide bonds. The van der Waals surface area contributed by atoms with Gasteiger partial charge in [-0.2, -0.15) is 0 Å². The third kappa shape index (κ3) is 4.99. The minimum atomic E-state index is -0.461. The van der Waals surface area contributed by atoms with Crippen molar-refractivity contribution in [3.8, 4) is 11.5 Å². The second-order valence-corrected chi connectivity index (χ2v) is 5.81. The summed E-state index contributed by atoms with van der Waals surface area (Å²) in [6, 6.07) is 12.2. The molecule has 0 saturated carbocycles. The second kappa shape index (κ2) is 8.35. The van der Waals surface area contributed by atoms with Gasteiger partial charge in [-0.1, -0.05) is 12.1 Å². The summed E-state index contributed by atoms with van der Waals surface area (Å²) in [6.45, 7) is 1.73. The van der Waals surface area contributed by atoms with E-state index in [1.807, 2.05) is 25.1 Å². The third-order valence-electron chi connectivity index (χ3n) is 3.09. The van der Waals surface area contributed by atoms with Crippen molar-refractivity contribution in [1.29, 1.82) is 0 Å². The van der Waals surface area contributed by atoms with Gasteiger partial charge in [-0.15, -0.1) is 0 Å². The molecule has 0 radical (unpaired) electrons. The lowest BCUT2D eigenvalue weighted by Gasteiger charge is -2.10. The van der Waals surface area contributed by atoms with Crippen molar-refractivity contribution in [3.63, 3.8) is 0 Å². The molecule has 0 fully saturated rings. The quantitative estimate of drug-likeness (QED) is 0.766. The van der Waals surface area contributed by atoms with Crippen LogP contribution in [0.3, 0.4) is 0 Å². The van der Waals surface area contributed by atoms with Crippen LogP contribution in [-0.2, 0) is 4.79 Å². The standard InChI is InChI=1S/C17H17BrN2O4/c1-11-4-3-5-13(8-11)24-10-16(21)19-20-17(22)12-6-7-15(23-2)14(18)9-12/h3-9H,10H2,1-2H3,(H,19,21)(H,20,22). The van der Waals surface area contributed by atoms with Crippen molar-refractivity contribution in [2.45, 2.75) is 6.92 Å². The number of benzene rings is 2. The van der Waals surface area contributed by atoms with Gasteiger partial charge in [-0.3, -0.25) is 20.4 Å². The van der Waals surface area contributed by atoms with E-state index in [4.69, 9.17) is 9.47 Å². The molecule has 126 valence electrons. The van der Waals surface area contributed by atoms with Gasteiger partial charge in [0.15, 0.2) is 6.61 Å². The van der Waals surface area contributed by atoms with Crippen LogP contribution in [0.2, 0.25) is 0 Å². The smallest absolute Gasteiger partial charge is 0.276 e. The van der Waals surface area contributed by atoms with Gasteiger partial charge in [0.05, 0.1) is 11.6 Å². The highest BCUT2D eigenvalue weighted by Crippen LogP contribution is 2.25. The van der Waals surface area contributed by atoms with Gasteiger partial charge in [0.25, 0.3) is 11.8 Å². The Kier molecular flexibility index (Phi) is 6.20. The predicted molar refractivity (Wildman–Crippen MR) is 93.0 cm³/mol. The number of carbonyl (C=O) groups is 2. The monoisotopic (exact) mass is 392 g/mol. The molecule has 2 N–H and O–H groups in total. The van der Waals surface area contributed by atoms with E-state index < -0.39 is 11.8 Å². The average molecular weight is 393 g/mol. The predicted octanol–water partition coefficient (Wildman–Crippen LogP) is 2.61. The van der Waals surface area contributed by atoms with Crippen molar-refractivity contribution in [3.05, 3.63) is 58.1 Å². The summed E-state index contributed by atoms with van der Waals surface area (Å²) in [4.78, 5) is 23.7. The maximum absolute atomic E-state index is 12.0. The summed E-state index contributed by atoms with van der Waals surface area (Å²) in [7, 11) is 1.54. The molecular weight excluding hydrogens is 376 g/mol. The van der Waals surface area contributed by atoms with E-state index in [0.29, 0.717) is 21.5 Å². The number of carbonyl (C=O) groups excluding carboxylic acids is 2. The minimum absolute atomic E-state index is 0.198. The van der Waals surface area contributed by atoms with Crippen LogP contribution in [0, 0.1) is 6.92 Å². The fourth-order valence-corrected chi connectivity index (χ4v) is 2.44. The first kappa shape index (κ1) is 17.8. The molecule has 0 aromatic heterocycles. The zero-order valence-electron chi connectivity index (χ0n) is 13.3. The van der Waals surface area contributed by atoms with Gasteiger partial charge in [0.1, 0.15) is 11.5 Å². The summed E-state index contributed by atoms with van der Waals surface area (Å²) >= 11 is 3.30. The van der Waals surface area contributed by atoms with Crippen molar-refractivity contribution in [2.75, 3.05) is 13.7 Å². The summed E-state index contributed by atoms with van der Waals surface area (Å²) in [5.41, 5.74) is 6.05. The Morgan fingerprint density at radius 2 is 1.92 bits per heavy atom. The second-order valence-electron chi connectivity index (χ2n) is 4.96. The lowest BCUT2D eigenvalue weighted by molar-refractivity contribution is -0.123. The Bertz CT molecular complexity index is 749. The first-order valence-electron chi connectivity index (χ1n) is 7.12. The molecule has 2 aromatic rings. The average Bonchev–Trinajstić information content (AvgIpc) is 2.57. The molecule has 0 aliphatic carbocycles. The summed E-state index contributed by atoms with van der Waals surface area (Å²) < 4.78 is 11.1. The molecule has 0 bridgehead atoms. The molecule has 24 heavy (non-hydrogen) atoms. The van der Waals surface area contributed by atoms with Gasteiger partial charge in [0, 0.05) is 5.56 Å². The third-order valence-corrected chi connectivity index (χ3v) is 3.71. The molecular formula is C17H17BrN2O4. The van der Waals surface area contributed by atoms with Gasteiger partial charge in [-0.25, -0.2) is 0 Å². The summed E-state index contributed by atoms with van der Waals surface area (Å²) in [6.07, 6.45) is 0. The van der Waals surface area contributed by atoms with E-state index >= 15 is 0 Å². The zero-order chi connectivity index (χ0) is 17.5. The number of nitrogens with one attached hydrogen (secondary N) is 2. The number of hydrazine groups is 1. The van der Waals surface area contributed by atoms with E-state index in [2.05, 4.69) is 26.8 Å². The van der Waals surface area contributed by atoms with Crippen LogP contribution in [-0.4, -0.2) is 25.5 Å². The van der Waals surface area contributed by atoms with Crippen molar-refractivity contribution < 1.29 is 19.1 Å². The maximum Gasteiger partial charge on any atom is 0.276 e. The zero-order valence-corrected chi connectivity index (χ0v) is 14.8. The Morgan fingerprint density at radius 3 is 2.58 bits per heavy atom. The molecule has 7 heteroatoms. The van der Waals surface area contributed by atoms with E-state index in [9.17, 15) is 9.59 Å². The summed E-state index contributed by atoms with van der Waals surface area (Å²) in [5.74, 6) is 0.303. The number of hydrogen-bond acceptors (Lipinski definition) is 4. The molecule has 0 spiro atoms. The SMILES string of the molecule is COc1ccc(C(=O)NNC(=O)COc2cccc(C)c2)cc1Br. The lowest BCUT2D eigenvalue weighted by atomic mass is 10.2. The van der Waals surface area contributed by atoms with Crippen LogP contribution in [0.25, 0.3) is 0 Å². The number of hydrogen-bond donors (Lipinski definition) is 2. The van der Waals surface area contributed by atoms with E-state index in [1.54, 1.807) is 24.3 Å². The van der Waals surface area contributed by atoms with Crippen molar-refractivity contribution in [2.24, 2.45) is 0 Å². The van der Waals surface area contributed by atoms with Crippen LogP contribution < -0.4 is 20.3 Å². The highest BCUT2D eigenvalue weighted by Gasteiger charge is 2.10.